The van der Waals surface area contributed by atoms with Crippen LogP contribution in [0.1, 0.15) is 44.1 Å². The van der Waals surface area contributed by atoms with Gasteiger partial charge in [0.25, 0.3) is 0 Å². The number of nitrogens with zero attached hydrogens (tertiary/aromatic N) is 2. The molecule has 14 heavy (non-hydrogen) atoms. The fourth-order valence-electron chi connectivity index (χ4n) is 1.62. The first kappa shape index (κ1) is 11.2. The molecule has 0 spiro atoms. The Hall–Kier alpha value is -0.830. The summed E-state index contributed by atoms with van der Waals surface area (Å²) < 4.78 is 1.75. The lowest BCUT2D eigenvalue weighted by Gasteiger charge is -2.13. The molecule has 0 saturated heterocycles. The quantitative estimate of drug-likeness (QED) is 0.801. The summed E-state index contributed by atoms with van der Waals surface area (Å²) in [6.45, 7) is 6.25. The zero-order valence-electron chi connectivity index (χ0n) is 9.49. The molecule has 1 heterocycles. The second-order valence-corrected chi connectivity index (χ2v) is 4.11. The molecule has 0 saturated carbocycles. The molecule has 2 unspecified atom stereocenters. The van der Waals surface area contributed by atoms with Crippen molar-refractivity contribution in [2.45, 2.75) is 39.7 Å². The fraction of sp³-hybridized carbons (Fsp3) is 0.727. The van der Waals surface area contributed by atoms with E-state index in [1.807, 2.05) is 20.2 Å². The maximum absolute atomic E-state index is 9.96. The standard InChI is InChI=1S/C11H20N2O/c1-5-8(2)6-11(14)10-7-13(4)12-9(10)3/h7-8,11,14H,5-6H2,1-4H3. The Labute approximate surface area is 85.8 Å². The minimum atomic E-state index is -0.362. The summed E-state index contributed by atoms with van der Waals surface area (Å²) in [5.41, 5.74) is 1.90. The first-order valence-electron chi connectivity index (χ1n) is 5.22. The average molecular weight is 196 g/mol. The highest BCUT2D eigenvalue weighted by Gasteiger charge is 2.15. The molecule has 1 N–H and O–H groups in total. The van der Waals surface area contributed by atoms with Gasteiger partial charge in [-0.05, 0) is 19.3 Å². The van der Waals surface area contributed by atoms with Gasteiger partial charge in [0.1, 0.15) is 0 Å². The lowest BCUT2D eigenvalue weighted by molar-refractivity contribution is 0.146. The molecule has 0 fully saturated rings. The van der Waals surface area contributed by atoms with Crippen molar-refractivity contribution >= 4 is 0 Å². The summed E-state index contributed by atoms with van der Waals surface area (Å²) in [6, 6.07) is 0. The highest BCUT2D eigenvalue weighted by Crippen LogP contribution is 2.24. The molecule has 0 aliphatic carbocycles. The lowest BCUT2D eigenvalue weighted by Crippen LogP contribution is -2.04. The largest absolute Gasteiger partial charge is 0.388 e. The van der Waals surface area contributed by atoms with E-state index < -0.39 is 0 Å². The van der Waals surface area contributed by atoms with Crippen molar-refractivity contribution < 1.29 is 5.11 Å². The zero-order valence-corrected chi connectivity index (χ0v) is 9.49. The van der Waals surface area contributed by atoms with Crippen molar-refractivity contribution in [1.82, 2.24) is 9.78 Å². The molecule has 0 aliphatic rings. The van der Waals surface area contributed by atoms with Gasteiger partial charge in [0.2, 0.25) is 0 Å². The van der Waals surface area contributed by atoms with E-state index in [1.165, 1.54) is 0 Å². The monoisotopic (exact) mass is 196 g/mol. The van der Waals surface area contributed by atoms with Gasteiger partial charge in [0.05, 0.1) is 11.8 Å². The van der Waals surface area contributed by atoms with Crippen LogP contribution in [0.2, 0.25) is 0 Å². The zero-order chi connectivity index (χ0) is 10.7. The molecule has 1 aromatic rings. The Morgan fingerprint density at radius 2 is 2.21 bits per heavy atom. The smallest absolute Gasteiger partial charge is 0.0825 e. The molecule has 3 nitrogen and oxygen atoms in total. The molecule has 0 bridgehead atoms. The minimum Gasteiger partial charge on any atom is -0.388 e. The maximum Gasteiger partial charge on any atom is 0.0825 e. The molecule has 1 rings (SSSR count). The lowest BCUT2D eigenvalue weighted by atomic mass is 9.97. The Morgan fingerprint density at radius 1 is 1.57 bits per heavy atom. The van der Waals surface area contributed by atoms with E-state index in [2.05, 4.69) is 18.9 Å². The number of aromatic nitrogens is 2. The van der Waals surface area contributed by atoms with Crippen LogP contribution in [0.4, 0.5) is 0 Å². The minimum absolute atomic E-state index is 0.362. The fourth-order valence-corrected chi connectivity index (χ4v) is 1.62. The molecule has 2 atom stereocenters. The van der Waals surface area contributed by atoms with Crippen LogP contribution in [0.25, 0.3) is 0 Å². The van der Waals surface area contributed by atoms with Crippen LogP contribution in [0.5, 0.6) is 0 Å². The Kier molecular flexibility index (Phi) is 3.69. The van der Waals surface area contributed by atoms with E-state index >= 15 is 0 Å². The summed E-state index contributed by atoms with van der Waals surface area (Å²) in [4.78, 5) is 0. The van der Waals surface area contributed by atoms with Gasteiger partial charge in [-0.2, -0.15) is 5.10 Å². The van der Waals surface area contributed by atoms with Crippen molar-refractivity contribution in [3.63, 3.8) is 0 Å². The third-order valence-corrected chi connectivity index (χ3v) is 2.73. The molecule has 0 aliphatic heterocycles. The first-order chi connectivity index (χ1) is 6.54. The summed E-state index contributed by atoms with van der Waals surface area (Å²) in [5, 5.41) is 14.2. The average Bonchev–Trinajstić information content (AvgIpc) is 2.45. The molecule has 0 radical (unpaired) electrons. The van der Waals surface area contributed by atoms with Crippen LogP contribution in [0, 0.1) is 12.8 Å². The second kappa shape index (κ2) is 4.60. The van der Waals surface area contributed by atoms with E-state index in [0.29, 0.717) is 5.92 Å². The van der Waals surface area contributed by atoms with Crippen molar-refractivity contribution in [3.8, 4) is 0 Å². The van der Waals surface area contributed by atoms with Crippen LogP contribution in [0.3, 0.4) is 0 Å². The highest BCUT2D eigenvalue weighted by molar-refractivity contribution is 5.18. The number of aliphatic hydroxyl groups excluding tert-OH is 1. The van der Waals surface area contributed by atoms with Crippen LogP contribution in [0.15, 0.2) is 6.20 Å². The summed E-state index contributed by atoms with van der Waals surface area (Å²) >= 11 is 0. The Balaban J connectivity index is 2.69. The second-order valence-electron chi connectivity index (χ2n) is 4.11. The molecule has 3 heteroatoms. The molecule has 1 aromatic heterocycles. The summed E-state index contributed by atoms with van der Waals surface area (Å²) in [7, 11) is 1.88. The van der Waals surface area contributed by atoms with Gasteiger partial charge in [0, 0.05) is 18.8 Å². The van der Waals surface area contributed by atoms with Gasteiger partial charge in [-0.25, -0.2) is 0 Å². The molecule has 80 valence electrons. The predicted octanol–water partition coefficient (Wildman–Crippen LogP) is 2.20. The number of hydrogen-bond donors (Lipinski definition) is 1. The van der Waals surface area contributed by atoms with Crippen molar-refractivity contribution in [2.75, 3.05) is 0 Å². The molecular weight excluding hydrogens is 176 g/mol. The molecule has 0 amide bonds. The third kappa shape index (κ3) is 2.58. The summed E-state index contributed by atoms with van der Waals surface area (Å²) in [6.07, 6.45) is 3.47. The van der Waals surface area contributed by atoms with E-state index in [9.17, 15) is 5.11 Å². The van der Waals surface area contributed by atoms with Gasteiger partial charge in [-0.1, -0.05) is 20.3 Å². The number of rotatable bonds is 4. The maximum atomic E-state index is 9.96. The topological polar surface area (TPSA) is 38.0 Å². The Morgan fingerprint density at radius 3 is 2.64 bits per heavy atom. The van der Waals surface area contributed by atoms with Crippen molar-refractivity contribution in [3.05, 3.63) is 17.5 Å². The van der Waals surface area contributed by atoms with Crippen LogP contribution in [-0.4, -0.2) is 14.9 Å². The van der Waals surface area contributed by atoms with E-state index in [0.717, 1.165) is 24.1 Å². The highest BCUT2D eigenvalue weighted by atomic mass is 16.3. The normalized spacial score (nSPS) is 15.5. The molecular formula is C11H20N2O. The van der Waals surface area contributed by atoms with Gasteiger partial charge in [-0.3, -0.25) is 4.68 Å². The van der Waals surface area contributed by atoms with Gasteiger partial charge in [0.15, 0.2) is 0 Å². The van der Waals surface area contributed by atoms with Crippen LogP contribution < -0.4 is 0 Å². The van der Waals surface area contributed by atoms with E-state index in [4.69, 9.17) is 0 Å². The van der Waals surface area contributed by atoms with Gasteiger partial charge in [-0.15, -0.1) is 0 Å². The Bertz CT molecular complexity index is 293. The molecule has 0 aromatic carbocycles. The van der Waals surface area contributed by atoms with Crippen LogP contribution in [-0.2, 0) is 7.05 Å². The predicted molar refractivity (Wildman–Crippen MR) is 57.0 cm³/mol. The summed E-state index contributed by atoms with van der Waals surface area (Å²) in [5.74, 6) is 0.560. The number of aryl methyl sites for hydroxylation is 2. The van der Waals surface area contributed by atoms with Crippen molar-refractivity contribution in [1.29, 1.82) is 0 Å². The van der Waals surface area contributed by atoms with E-state index in [1.54, 1.807) is 4.68 Å². The first-order valence-corrected chi connectivity index (χ1v) is 5.22. The third-order valence-electron chi connectivity index (χ3n) is 2.73. The number of aliphatic hydroxyl groups is 1. The van der Waals surface area contributed by atoms with E-state index in [-0.39, 0.29) is 6.10 Å². The van der Waals surface area contributed by atoms with Crippen LogP contribution >= 0.6 is 0 Å². The SMILES string of the molecule is CCC(C)CC(O)c1cn(C)nc1C. The van der Waals surface area contributed by atoms with Crippen molar-refractivity contribution in [2.24, 2.45) is 13.0 Å². The van der Waals surface area contributed by atoms with Gasteiger partial charge < -0.3 is 5.11 Å². The van der Waals surface area contributed by atoms with Gasteiger partial charge >= 0.3 is 0 Å². The number of hydrogen-bond acceptors (Lipinski definition) is 2.